The number of unbranched alkanes of at least 4 members (excludes halogenated alkanes) is 3. The van der Waals surface area contributed by atoms with E-state index in [1.165, 1.54) is 31.3 Å². The predicted molar refractivity (Wildman–Crippen MR) is 77.7 cm³/mol. The molecule has 0 N–H and O–H groups in total. The first-order valence-electron chi connectivity index (χ1n) is 6.45. The van der Waals surface area contributed by atoms with Crippen molar-refractivity contribution in [1.29, 1.82) is 0 Å². The van der Waals surface area contributed by atoms with E-state index in [1.54, 1.807) is 0 Å². The molecule has 0 aliphatic heterocycles. The number of allylic oxidation sites excluding steroid dienone is 6. The van der Waals surface area contributed by atoms with Crippen LogP contribution in [0, 0.1) is 0 Å². The van der Waals surface area contributed by atoms with Crippen molar-refractivity contribution in [2.24, 2.45) is 0 Å². The first kappa shape index (κ1) is 17.4. The van der Waals surface area contributed by atoms with E-state index >= 15 is 0 Å². The summed E-state index contributed by atoms with van der Waals surface area (Å²) in [6.07, 6.45) is 16.2. The van der Waals surface area contributed by atoms with Crippen molar-refractivity contribution < 1.29 is 0 Å². The van der Waals surface area contributed by atoms with Crippen molar-refractivity contribution in [2.75, 3.05) is 0 Å². The molecule has 0 heterocycles. The molecule has 0 nitrogen and oxygen atoms in total. The molecule has 0 aromatic heterocycles. The molecular weight excluding hydrogens is 192 g/mol. The molecule has 0 rings (SSSR count). The fraction of sp³-hybridized carbons (Fsp3) is 0.500. The minimum atomic E-state index is 1.15. The fourth-order valence-corrected chi connectivity index (χ4v) is 1.32. The molecule has 0 unspecified atom stereocenters. The summed E-state index contributed by atoms with van der Waals surface area (Å²) in [4.78, 5) is 0. The Morgan fingerprint density at radius 1 is 1.00 bits per heavy atom. The lowest BCUT2D eigenvalue weighted by molar-refractivity contribution is 0.668. The molecule has 16 heavy (non-hydrogen) atoms. The highest BCUT2D eigenvalue weighted by atomic mass is 14.0. The van der Waals surface area contributed by atoms with Crippen LogP contribution in [-0.2, 0) is 0 Å². The second-order valence-electron chi connectivity index (χ2n) is 3.38. The summed E-state index contributed by atoms with van der Waals surface area (Å²) in [5, 5.41) is 0. The number of hydrogen-bond donors (Lipinski definition) is 0. The Morgan fingerprint density at radius 3 is 2.19 bits per heavy atom. The predicted octanol–water partition coefficient (Wildman–Crippen LogP) is 5.84. The Kier molecular flexibility index (Phi) is 17.8. The monoisotopic (exact) mass is 220 g/mol. The Hall–Kier alpha value is -1.04. The van der Waals surface area contributed by atoms with Crippen LogP contribution in [0.1, 0.15) is 52.9 Å². The first-order chi connectivity index (χ1) is 7.85. The van der Waals surface area contributed by atoms with E-state index in [4.69, 9.17) is 0 Å². The van der Waals surface area contributed by atoms with Gasteiger partial charge in [-0.3, -0.25) is 0 Å². The van der Waals surface area contributed by atoms with E-state index in [-0.39, 0.29) is 0 Å². The van der Waals surface area contributed by atoms with Crippen LogP contribution in [-0.4, -0.2) is 0 Å². The van der Waals surface area contributed by atoms with Gasteiger partial charge in [-0.25, -0.2) is 0 Å². The van der Waals surface area contributed by atoms with Crippen LogP contribution in [0.4, 0.5) is 0 Å². The molecule has 0 spiro atoms. The highest BCUT2D eigenvalue weighted by Crippen LogP contribution is 2.11. The maximum Gasteiger partial charge on any atom is -0.0279 e. The molecule has 0 radical (unpaired) electrons. The van der Waals surface area contributed by atoms with Crippen LogP contribution in [0.25, 0.3) is 0 Å². The molecule has 0 bridgehead atoms. The SMILES string of the molecule is C=C/C=C\C(=C/C=C)CCCCCC.CC. The quantitative estimate of drug-likeness (QED) is 0.356. The minimum Gasteiger partial charge on any atom is -0.0991 e. The van der Waals surface area contributed by atoms with Crippen LogP contribution in [0.3, 0.4) is 0 Å². The first-order valence-corrected chi connectivity index (χ1v) is 6.45. The summed E-state index contributed by atoms with van der Waals surface area (Å²) in [6.45, 7) is 13.6. The molecule has 92 valence electrons. The molecular formula is C16H28. The molecule has 0 amide bonds. The average molecular weight is 220 g/mol. The molecule has 0 saturated carbocycles. The molecule has 0 atom stereocenters. The van der Waals surface area contributed by atoms with Gasteiger partial charge < -0.3 is 0 Å². The average Bonchev–Trinajstić information content (AvgIpc) is 2.34. The van der Waals surface area contributed by atoms with Gasteiger partial charge in [0.1, 0.15) is 0 Å². The van der Waals surface area contributed by atoms with Gasteiger partial charge in [0.05, 0.1) is 0 Å². The molecule has 0 aromatic rings. The van der Waals surface area contributed by atoms with E-state index in [0.717, 1.165) is 6.42 Å². The maximum absolute atomic E-state index is 3.72. The van der Waals surface area contributed by atoms with Crippen LogP contribution in [0.2, 0.25) is 0 Å². The van der Waals surface area contributed by atoms with Crippen molar-refractivity contribution in [1.82, 2.24) is 0 Å². The Labute approximate surface area is 102 Å². The summed E-state index contributed by atoms with van der Waals surface area (Å²) < 4.78 is 0. The van der Waals surface area contributed by atoms with Gasteiger partial charge in [-0.2, -0.15) is 0 Å². The largest absolute Gasteiger partial charge is 0.0991 e. The van der Waals surface area contributed by atoms with E-state index < -0.39 is 0 Å². The topological polar surface area (TPSA) is 0 Å². The Balaban J connectivity index is 0. The molecule has 0 aromatic carbocycles. The van der Waals surface area contributed by atoms with Crippen molar-refractivity contribution in [3.63, 3.8) is 0 Å². The lowest BCUT2D eigenvalue weighted by atomic mass is 10.1. The van der Waals surface area contributed by atoms with Gasteiger partial charge >= 0.3 is 0 Å². The Bertz CT molecular complexity index is 206. The number of rotatable bonds is 8. The standard InChI is InChI=1S/C14H22.C2H6/c1-4-7-9-10-13-14(11-6-3)12-8-5-2;1-2/h5-6,8,11-12H,2-4,7,9-10,13H2,1H3;1-2H3/b12-8-,14-11+;. The molecule has 0 aliphatic carbocycles. The summed E-state index contributed by atoms with van der Waals surface area (Å²) in [5.74, 6) is 0. The number of hydrogen-bond acceptors (Lipinski definition) is 0. The van der Waals surface area contributed by atoms with Gasteiger partial charge in [0.2, 0.25) is 0 Å². The van der Waals surface area contributed by atoms with E-state index in [1.807, 2.05) is 32.1 Å². The zero-order chi connectivity index (χ0) is 12.6. The minimum absolute atomic E-state index is 1.15. The summed E-state index contributed by atoms with van der Waals surface area (Å²) in [7, 11) is 0. The van der Waals surface area contributed by atoms with E-state index in [0.29, 0.717) is 0 Å². The molecule has 0 saturated heterocycles. The third-order valence-corrected chi connectivity index (χ3v) is 2.10. The van der Waals surface area contributed by atoms with Gasteiger partial charge in [0, 0.05) is 0 Å². The molecule has 0 fully saturated rings. The third-order valence-electron chi connectivity index (χ3n) is 2.10. The van der Waals surface area contributed by atoms with Crippen LogP contribution in [0.5, 0.6) is 0 Å². The normalized spacial score (nSPS) is 10.8. The van der Waals surface area contributed by atoms with Gasteiger partial charge in [0.25, 0.3) is 0 Å². The highest BCUT2D eigenvalue weighted by molar-refractivity contribution is 5.24. The van der Waals surface area contributed by atoms with E-state index in [2.05, 4.69) is 32.2 Å². The van der Waals surface area contributed by atoms with Crippen molar-refractivity contribution in [3.8, 4) is 0 Å². The highest BCUT2D eigenvalue weighted by Gasteiger charge is 1.91. The summed E-state index contributed by atoms with van der Waals surface area (Å²) in [6, 6.07) is 0. The van der Waals surface area contributed by atoms with Gasteiger partial charge in [-0.15, -0.1) is 0 Å². The van der Waals surface area contributed by atoms with Crippen molar-refractivity contribution >= 4 is 0 Å². The lowest BCUT2D eigenvalue weighted by Gasteiger charge is -2.00. The zero-order valence-corrected chi connectivity index (χ0v) is 11.3. The van der Waals surface area contributed by atoms with E-state index in [9.17, 15) is 0 Å². The molecule has 0 heteroatoms. The fourth-order valence-electron chi connectivity index (χ4n) is 1.32. The van der Waals surface area contributed by atoms with Gasteiger partial charge in [0.15, 0.2) is 0 Å². The third kappa shape index (κ3) is 13.0. The molecule has 0 aliphatic rings. The zero-order valence-electron chi connectivity index (χ0n) is 11.3. The second kappa shape index (κ2) is 16.4. The maximum atomic E-state index is 3.72. The summed E-state index contributed by atoms with van der Waals surface area (Å²) in [5.41, 5.74) is 1.34. The van der Waals surface area contributed by atoms with Crippen LogP contribution in [0.15, 0.2) is 49.1 Å². The van der Waals surface area contributed by atoms with Gasteiger partial charge in [-0.05, 0) is 18.4 Å². The van der Waals surface area contributed by atoms with Gasteiger partial charge in [-0.1, -0.05) is 83.6 Å². The van der Waals surface area contributed by atoms with Crippen molar-refractivity contribution in [3.05, 3.63) is 49.1 Å². The lowest BCUT2D eigenvalue weighted by Crippen LogP contribution is -1.81. The summed E-state index contributed by atoms with van der Waals surface area (Å²) >= 11 is 0. The van der Waals surface area contributed by atoms with Crippen LogP contribution >= 0.6 is 0 Å². The van der Waals surface area contributed by atoms with Crippen LogP contribution < -0.4 is 0 Å². The van der Waals surface area contributed by atoms with Crippen molar-refractivity contribution in [2.45, 2.75) is 52.9 Å². The second-order valence-corrected chi connectivity index (χ2v) is 3.38. The Morgan fingerprint density at radius 2 is 1.69 bits per heavy atom. The smallest absolute Gasteiger partial charge is 0.0279 e.